The second kappa shape index (κ2) is 8.05. The lowest BCUT2D eigenvalue weighted by Gasteiger charge is -2.33. The first-order chi connectivity index (χ1) is 14.4. The first-order valence-corrected chi connectivity index (χ1v) is 9.45. The number of fused-ring (bicyclic) bond motifs is 1. The Morgan fingerprint density at radius 3 is 2.87 bits per heavy atom. The zero-order chi connectivity index (χ0) is 21.4. The summed E-state index contributed by atoms with van der Waals surface area (Å²) in [5.41, 5.74) is -0.205. The second-order valence-electron chi connectivity index (χ2n) is 6.79. The van der Waals surface area contributed by atoms with E-state index < -0.39 is 29.0 Å². The van der Waals surface area contributed by atoms with Crippen LogP contribution in [-0.2, 0) is 0 Å². The van der Waals surface area contributed by atoms with Crippen LogP contribution in [0.4, 0.5) is 13.2 Å². The third-order valence-electron chi connectivity index (χ3n) is 4.98. The Morgan fingerprint density at radius 1 is 1.33 bits per heavy atom. The van der Waals surface area contributed by atoms with Crippen LogP contribution in [-0.4, -0.2) is 55.6 Å². The van der Waals surface area contributed by atoms with Gasteiger partial charge in [0.2, 0.25) is 5.88 Å². The molecule has 1 aliphatic heterocycles. The van der Waals surface area contributed by atoms with Gasteiger partial charge in [-0.25, -0.2) is 22.7 Å². The Balaban J connectivity index is 1.66. The SMILES string of the molecule is COc1cc(C(=O)N2CCCC(c3cc(C(F)F)nc4ncnn34)C2)c(F)c(Cl)n1. The molecule has 0 aromatic carbocycles. The molecule has 1 aliphatic rings. The van der Waals surface area contributed by atoms with Crippen molar-refractivity contribution in [2.45, 2.75) is 25.2 Å². The molecule has 4 heterocycles. The highest BCUT2D eigenvalue weighted by Crippen LogP contribution is 2.31. The summed E-state index contributed by atoms with van der Waals surface area (Å²) in [4.78, 5) is 25.8. The van der Waals surface area contributed by atoms with Gasteiger partial charge in [0.15, 0.2) is 11.0 Å². The van der Waals surface area contributed by atoms with Gasteiger partial charge in [-0.05, 0) is 18.9 Å². The molecule has 0 saturated carbocycles. The summed E-state index contributed by atoms with van der Waals surface area (Å²) in [6.07, 6.45) is -0.314. The summed E-state index contributed by atoms with van der Waals surface area (Å²) in [7, 11) is 1.33. The zero-order valence-electron chi connectivity index (χ0n) is 15.7. The van der Waals surface area contributed by atoms with Crippen LogP contribution in [0.25, 0.3) is 5.78 Å². The van der Waals surface area contributed by atoms with E-state index >= 15 is 0 Å². The topological polar surface area (TPSA) is 85.5 Å². The molecule has 0 spiro atoms. The number of alkyl halides is 2. The van der Waals surface area contributed by atoms with Crippen LogP contribution in [0.3, 0.4) is 0 Å². The predicted octanol–water partition coefficient (Wildman–Crippen LogP) is 3.28. The van der Waals surface area contributed by atoms with Crippen LogP contribution >= 0.6 is 11.6 Å². The standard InChI is InChI=1S/C18H16ClF3N6O2/c1-30-13-5-10(14(20)15(19)26-13)17(29)27-4-2-3-9(7-27)12-6-11(16(21)22)25-18-23-8-24-28(12)18/h5-6,8-9,16H,2-4,7H2,1H3. The van der Waals surface area contributed by atoms with E-state index in [0.717, 1.165) is 0 Å². The van der Waals surface area contributed by atoms with Crippen molar-refractivity contribution in [2.24, 2.45) is 0 Å². The molecule has 12 heteroatoms. The fraction of sp³-hybridized carbons (Fsp3) is 0.389. The minimum Gasteiger partial charge on any atom is -0.481 e. The van der Waals surface area contributed by atoms with Gasteiger partial charge in [0.25, 0.3) is 18.1 Å². The van der Waals surface area contributed by atoms with Gasteiger partial charge in [0.1, 0.15) is 12.0 Å². The van der Waals surface area contributed by atoms with Gasteiger partial charge in [0.05, 0.1) is 18.4 Å². The normalized spacial score (nSPS) is 17.0. The average molecular weight is 441 g/mol. The van der Waals surface area contributed by atoms with Gasteiger partial charge in [-0.3, -0.25) is 4.79 Å². The Hall–Kier alpha value is -2.95. The van der Waals surface area contributed by atoms with Gasteiger partial charge in [-0.15, -0.1) is 0 Å². The number of likely N-dealkylation sites (tertiary alicyclic amines) is 1. The quantitative estimate of drug-likeness (QED) is 0.579. The fourth-order valence-electron chi connectivity index (χ4n) is 3.57. The minimum atomic E-state index is -2.77. The van der Waals surface area contributed by atoms with Crippen molar-refractivity contribution in [1.29, 1.82) is 0 Å². The molecule has 1 fully saturated rings. The van der Waals surface area contributed by atoms with Gasteiger partial charge >= 0.3 is 0 Å². The van der Waals surface area contributed by atoms with E-state index in [1.165, 1.54) is 35.0 Å². The van der Waals surface area contributed by atoms with E-state index in [1.807, 2.05) is 0 Å². The van der Waals surface area contributed by atoms with Gasteiger partial charge in [-0.2, -0.15) is 15.1 Å². The van der Waals surface area contributed by atoms with Gasteiger partial charge < -0.3 is 9.64 Å². The van der Waals surface area contributed by atoms with Crippen molar-refractivity contribution in [3.63, 3.8) is 0 Å². The molecule has 1 saturated heterocycles. The number of piperidine rings is 1. The molecule has 158 valence electrons. The molecular formula is C18H16ClF3N6O2. The Morgan fingerprint density at radius 2 is 2.13 bits per heavy atom. The lowest BCUT2D eigenvalue weighted by Crippen LogP contribution is -2.40. The number of pyridine rings is 1. The smallest absolute Gasteiger partial charge is 0.280 e. The van der Waals surface area contributed by atoms with Crippen molar-refractivity contribution in [3.8, 4) is 5.88 Å². The molecule has 3 aromatic rings. The van der Waals surface area contributed by atoms with Crippen molar-refractivity contribution >= 4 is 23.3 Å². The number of aromatic nitrogens is 5. The highest BCUT2D eigenvalue weighted by molar-refractivity contribution is 6.30. The number of hydrogen-bond acceptors (Lipinski definition) is 6. The molecule has 8 nitrogen and oxygen atoms in total. The number of nitrogens with zero attached hydrogens (tertiary/aromatic N) is 6. The summed E-state index contributed by atoms with van der Waals surface area (Å²) >= 11 is 5.77. The molecule has 3 aromatic heterocycles. The highest BCUT2D eigenvalue weighted by atomic mass is 35.5. The number of hydrogen-bond donors (Lipinski definition) is 0. The molecule has 0 aliphatic carbocycles. The Kier molecular flexibility index (Phi) is 5.46. The van der Waals surface area contributed by atoms with E-state index in [0.29, 0.717) is 25.1 Å². The molecule has 1 atom stereocenters. The summed E-state index contributed by atoms with van der Waals surface area (Å²) in [5, 5.41) is 3.60. The molecule has 1 amide bonds. The maximum Gasteiger partial charge on any atom is 0.280 e. The monoisotopic (exact) mass is 440 g/mol. The molecule has 0 bridgehead atoms. The van der Waals surface area contributed by atoms with Crippen LogP contribution in [0.2, 0.25) is 5.15 Å². The number of amides is 1. The van der Waals surface area contributed by atoms with Crippen molar-refractivity contribution in [1.82, 2.24) is 29.5 Å². The summed E-state index contributed by atoms with van der Waals surface area (Å²) in [6, 6.07) is 2.46. The van der Waals surface area contributed by atoms with Crippen molar-refractivity contribution < 1.29 is 22.7 Å². The minimum absolute atomic E-state index is 0.0124. The maximum atomic E-state index is 14.4. The molecule has 0 N–H and O–H groups in total. The van der Waals surface area contributed by atoms with Gasteiger partial charge in [0, 0.05) is 25.1 Å². The zero-order valence-corrected chi connectivity index (χ0v) is 16.5. The molecule has 0 radical (unpaired) electrons. The number of carbonyl (C=O) groups is 1. The maximum absolute atomic E-state index is 14.4. The summed E-state index contributed by atoms with van der Waals surface area (Å²) in [5.74, 6) is -1.76. The summed E-state index contributed by atoms with van der Waals surface area (Å²) in [6.45, 7) is 0.562. The first kappa shape index (κ1) is 20.3. The van der Waals surface area contributed by atoms with E-state index in [9.17, 15) is 18.0 Å². The number of rotatable bonds is 4. The number of carbonyl (C=O) groups excluding carboxylic acids is 1. The average Bonchev–Trinajstić information content (AvgIpc) is 3.23. The van der Waals surface area contributed by atoms with Crippen molar-refractivity contribution in [2.75, 3.05) is 20.2 Å². The number of halogens is 4. The van der Waals surface area contributed by atoms with Crippen LogP contribution in [0, 0.1) is 5.82 Å². The fourth-order valence-corrected chi connectivity index (χ4v) is 3.75. The molecule has 1 unspecified atom stereocenters. The van der Waals surface area contributed by atoms with Gasteiger partial charge in [-0.1, -0.05) is 11.6 Å². The first-order valence-electron chi connectivity index (χ1n) is 9.07. The van der Waals surface area contributed by atoms with E-state index in [2.05, 4.69) is 20.1 Å². The molecular weight excluding hydrogens is 425 g/mol. The number of ether oxygens (including phenoxy) is 1. The third-order valence-corrected chi connectivity index (χ3v) is 5.23. The van der Waals surface area contributed by atoms with Crippen LogP contribution < -0.4 is 4.74 Å². The predicted molar refractivity (Wildman–Crippen MR) is 99.4 cm³/mol. The Labute approximate surface area is 173 Å². The van der Waals surface area contributed by atoms with E-state index in [1.54, 1.807) is 0 Å². The lowest BCUT2D eigenvalue weighted by molar-refractivity contribution is 0.0699. The third kappa shape index (κ3) is 3.64. The largest absolute Gasteiger partial charge is 0.481 e. The number of methoxy groups -OCH3 is 1. The molecule has 4 rings (SSSR count). The van der Waals surface area contributed by atoms with Crippen LogP contribution in [0.5, 0.6) is 5.88 Å². The van der Waals surface area contributed by atoms with E-state index in [4.69, 9.17) is 16.3 Å². The lowest BCUT2D eigenvalue weighted by atomic mass is 9.93. The van der Waals surface area contributed by atoms with Crippen molar-refractivity contribution in [3.05, 3.63) is 46.4 Å². The Bertz CT molecular complexity index is 1110. The van der Waals surface area contributed by atoms with E-state index in [-0.39, 0.29) is 29.7 Å². The summed E-state index contributed by atoms with van der Waals surface area (Å²) < 4.78 is 47.3. The second-order valence-corrected chi connectivity index (χ2v) is 7.14. The molecule has 30 heavy (non-hydrogen) atoms. The highest BCUT2D eigenvalue weighted by Gasteiger charge is 2.30. The van der Waals surface area contributed by atoms with Crippen LogP contribution in [0.1, 0.15) is 46.9 Å². The van der Waals surface area contributed by atoms with Crippen LogP contribution in [0.15, 0.2) is 18.5 Å².